The van der Waals surface area contributed by atoms with Crippen molar-refractivity contribution in [2.45, 2.75) is 6.92 Å². The van der Waals surface area contributed by atoms with Crippen molar-refractivity contribution < 1.29 is 0 Å². The predicted molar refractivity (Wildman–Crippen MR) is 93.8 cm³/mol. The van der Waals surface area contributed by atoms with Crippen molar-refractivity contribution in [1.29, 1.82) is 0 Å². The highest BCUT2D eigenvalue weighted by Gasteiger charge is 2.10. The third kappa shape index (κ3) is 2.01. The molecule has 0 saturated heterocycles. The largest absolute Gasteiger partial charge is 0.399 e. The number of anilines is 1. The van der Waals surface area contributed by atoms with E-state index in [-0.39, 0.29) is 0 Å². The molecule has 2 nitrogen and oxygen atoms in total. The van der Waals surface area contributed by atoms with Crippen LogP contribution < -0.4 is 5.73 Å². The van der Waals surface area contributed by atoms with Gasteiger partial charge >= 0.3 is 0 Å². The molecule has 1 aromatic heterocycles. The summed E-state index contributed by atoms with van der Waals surface area (Å²) in [4.78, 5) is 4.92. The van der Waals surface area contributed by atoms with Gasteiger partial charge in [0.1, 0.15) is 0 Å². The van der Waals surface area contributed by atoms with E-state index in [0.29, 0.717) is 0 Å². The SMILES string of the molecule is Cc1ccc2c(c1)nc(-c1ccccc1)c1cc(N)ccc12. The number of nitrogen functional groups attached to an aromatic ring is 1. The maximum Gasteiger partial charge on any atom is 0.0788 e. The van der Waals surface area contributed by atoms with Crippen LogP contribution in [0, 0.1) is 6.92 Å². The number of nitrogens with zero attached hydrogens (tertiary/aromatic N) is 1. The Balaban J connectivity index is 2.19. The first kappa shape index (κ1) is 12.8. The molecule has 0 bridgehead atoms. The van der Waals surface area contributed by atoms with Gasteiger partial charge in [-0.1, -0.05) is 48.5 Å². The molecule has 0 aliphatic carbocycles. The number of rotatable bonds is 1. The van der Waals surface area contributed by atoms with Gasteiger partial charge in [0.2, 0.25) is 0 Å². The van der Waals surface area contributed by atoms with Crippen LogP contribution in [0.4, 0.5) is 5.69 Å². The van der Waals surface area contributed by atoms with Gasteiger partial charge in [-0.25, -0.2) is 4.98 Å². The van der Waals surface area contributed by atoms with Gasteiger partial charge in [0, 0.05) is 22.0 Å². The Morgan fingerprint density at radius 1 is 0.773 bits per heavy atom. The topological polar surface area (TPSA) is 38.9 Å². The fraction of sp³-hybridized carbons (Fsp3) is 0.0500. The predicted octanol–water partition coefficient (Wildman–Crippen LogP) is 4.95. The summed E-state index contributed by atoms with van der Waals surface area (Å²) in [6.45, 7) is 2.09. The van der Waals surface area contributed by atoms with Crippen LogP contribution in [-0.2, 0) is 0 Å². The molecule has 0 fully saturated rings. The summed E-state index contributed by atoms with van der Waals surface area (Å²) in [5, 5.41) is 3.46. The molecule has 2 heteroatoms. The van der Waals surface area contributed by atoms with Gasteiger partial charge in [-0.2, -0.15) is 0 Å². The van der Waals surface area contributed by atoms with Crippen LogP contribution in [0.1, 0.15) is 5.56 Å². The molecule has 0 spiro atoms. The molecule has 0 aliphatic rings. The summed E-state index contributed by atoms with van der Waals surface area (Å²) in [6, 6.07) is 22.7. The monoisotopic (exact) mass is 284 g/mol. The Morgan fingerprint density at radius 2 is 1.55 bits per heavy atom. The lowest BCUT2D eigenvalue weighted by atomic mass is 9.99. The first-order valence-corrected chi connectivity index (χ1v) is 7.37. The summed E-state index contributed by atoms with van der Waals surface area (Å²) in [6.07, 6.45) is 0. The Kier molecular flexibility index (Phi) is 2.83. The smallest absolute Gasteiger partial charge is 0.0788 e. The lowest BCUT2D eigenvalue weighted by Crippen LogP contribution is -1.92. The van der Waals surface area contributed by atoms with E-state index < -0.39 is 0 Å². The summed E-state index contributed by atoms with van der Waals surface area (Å²) in [5.74, 6) is 0. The Labute approximate surface area is 129 Å². The number of fused-ring (bicyclic) bond motifs is 3. The van der Waals surface area contributed by atoms with Gasteiger partial charge in [0.05, 0.1) is 11.2 Å². The van der Waals surface area contributed by atoms with Crippen molar-refractivity contribution in [2.75, 3.05) is 5.73 Å². The Hall–Kier alpha value is -2.87. The molecule has 0 amide bonds. The summed E-state index contributed by atoms with van der Waals surface area (Å²) < 4.78 is 0. The molecule has 4 rings (SSSR count). The zero-order valence-electron chi connectivity index (χ0n) is 12.4. The molecule has 0 atom stereocenters. The molecule has 0 saturated carbocycles. The number of hydrogen-bond donors (Lipinski definition) is 1. The molecule has 3 aromatic carbocycles. The first-order chi connectivity index (χ1) is 10.7. The minimum atomic E-state index is 0.762. The van der Waals surface area contributed by atoms with E-state index in [1.807, 2.05) is 30.3 Å². The lowest BCUT2D eigenvalue weighted by molar-refractivity contribution is 1.40. The normalized spacial score (nSPS) is 11.1. The molecule has 1 heterocycles. The summed E-state index contributed by atoms with van der Waals surface area (Å²) in [5.41, 5.74) is 11.1. The van der Waals surface area contributed by atoms with Crippen LogP contribution in [0.3, 0.4) is 0 Å². The molecule has 0 unspecified atom stereocenters. The van der Waals surface area contributed by atoms with Crippen molar-refractivity contribution in [2.24, 2.45) is 0 Å². The van der Waals surface area contributed by atoms with Crippen LogP contribution in [0.5, 0.6) is 0 Å². The molecule has 4 aromatic rings. The highest BCUT2D eigenvalue weighted by molar-refractivity contribution is 6.11. The van der Waals surface area contributed by atoms with Crippen molar-refractivity contribution >= 4 is 27.4 Å². The van der Waals surface area contributed by atoms with Crippen LogP contribution in [0.25, 0.3) is 32.9 Å². The van der Waals surface area contributed by atoms with E-state index in [9.17, 15) is 0 Å². The number of hydrogen-bond acceptors (Lipinski definition) is 2. The van der Waals surface area contributed by atoms with Gasteiger partial charge in [-0.15, -0.1) is 0 Å². The minimum absolute atomic E-state index is 0.762. The van der Waals surface area contributed by atoms with Gasteiger partial charge < -0.3 is 5.73 Å². The zero-order chi connectivity index (χ0) is 15.1. The van der Waals surface area contributed by atoms with E-state index >= 15 is 0 Å². The molecule has 106 valence electrons. The lowest BCUT2D eigenvalue weighted by Gasteiger charge is -2.11. The third-order valence-corrected chi connectivity index (χ3v) is 4.02. The number of aromatic nitrogens is 1. The molecule has 22 heavy (non-hydrogen) atoms. The quantitative estimate of drug-likeness (QED) is 0.397. The van der Waals surface area contributed by atoms with Gasteiger partial charge in [0.25, 0.3) is 0 Å². The maximum absolute atomic E-state index is 6.01. The van der Waals surface area contributed by atoms with Gasteiger partial charge in [-0.3, -0.25) is 0 Å². The average molecular weight is 284 g/mol. The number of benzene rings is 3. The van der Waals surface area contributed by atoms with E-state index in [2.05, 4.69) is 43.3 Å². The minimum Gasteiger partial charge on any atom is -0.399 e. The maximum atomic E-state index is 6.01. The average Bonchev–Trinajstić information content (AvgIpc) is 2.54. The number of aryl methyl sites for hydroxylation is 1. The highest BCUT2D eigenvalue weighted by Crippen LogP contribution is 2.33. The fourth-order valence-corrected chi connectivity index (χ4v) is 2.95. The second-order valence-corrected chi connectivity index (χ2v) is 5.65. The van der Waals surface area contributed by atoms with E-state index in [0.717, 1.165) is 27.8 Å². The van der Waals surface area contributed by atoms with Crippen molar-refractivity contribution in [3.63, 3.8) is 0 Å². The fourth-order valence-electron chi connectivity index (χ4n) is 2.95. The van der Waals surface area contributed by atoms with Gasteiger partial charge in [0.15, 0.2) is 0 Å². The summed E-state index contributed by atoms with van der Waals surface area (Å²) in [7, 11) is 0. The molecular weight excluding hydrogens is 268 g/mol. The van der Waals surface area contributed by atoms with E-state index in [1.165, 1.54) is 16.3 Å². The molecule has 2 N–H and O–H groups in total. The van der Waals surface area contributed by atoms with E-state index in [1.54, 1.807) is 0 Å². The van der Waals surface area contributed by atoms with E-state index in [4.69, 9.17) is 10.7 Å². The molecular formula is C20H16N2. The Bertz CT molecular complexity index is 989. The second kappa shape index (κ2) is 4.85. The van der Waals surface area contributed by atoms with Crippen molar-refractivity contribution in [3.8, 4) is 11.3 Å². The van der Waals surface area contributed by atoms with Crippen LogP contribution in [0.2, 0.25) is 0 Å². The third-order valence-electron chi connectivity index (χ3n) is 4.02. The van der Waals surface area contributed by atoms with Gasteiger partial charge in [-0.05, 0) is 36.1 Å². The standard InChI is InChI=1S/C20H16N2/c1-13-7-9-17-16-10-8-15(21)12-18(16)20(22-19(17)11-13)14-5-3-2-4-6-14/h2-12H,21H2,1H3. The van der Waals surface area contributed by atoms with Crippen LogP contribution in [0.15, 0.2) is 66.7 Å². The number of pyridine rings is 1. The Morgan fingerprint density at radius 3 is 2.36 bits per heavy atom. The first-order valence-electron chi connectivity index (χ1n) is 7.37. The van der Waals surface area contributed by atoms with Crippen molar-refractivity contribution in [1.82, 2.24) is 4.98 Å². The zero-order valence-corrected chi connectivity index (χ0v) is 12.4. The van der Waals surface area contributed by atoms with Crippen molar-refractivity contribution in [3.05, 3.63) is 72.3 Å². The van der Waals surface area contributed by atoms with Crippen LogP contribution >= 0.6 is 0 Å². The molecule has 0 aliphatic heterocycles. The second-order valence-electron chi connectivity index (χ2n) is 5.65. The molecule has 0 radical (unpaired) electrons. The summed E-state index contributed by atoms with van der Waals surface area (Å²) >= 11 is 0. The number of nitrogens with two attached hydrogens (primary N) is 1. The van der Waals surface area contributed by atoms with Crippen LogP contribution in [-0.4, -0.2) is 4.98 Å². The highest BCUT2D eigenvalue weighted by atomic mass is 14.7.